The molecular formula is C22H27ClN2O4S. The van der Waals surface area contributed by atoms with Gasteiger partial charge in [-0.1, -0.05) is 41.4 Å². The van der Waals surface area contributed by atoms with Gasteiger partial charge in [0, 0.05) is 17.5 Å². The Morgan fingerprint density at radius 2 is 1.70 bits per heavy atom. The monoisotopic (exact) mass is 450 g/mol. The number of nitrogens with one attached hydrogen (secondary N) is 1. The molecule has 30 heavy (non-hydrogen) atoms. The Morgan fingerprint density at radius 3 is 2.20 bits per heavy atom. The Morgan fingerprint density at radius 1 is 1.13 bits per heavy atom. The van der Waals surface area contributed by atoms with Crippen molar-refractivity contribution in [2.75, 3.05) is 6.54 Å². The Labute approximate surface area is 182 Å². The van der Waals surface area contributed by atoms with Crippen molar-refractivity contribution in [3.8, 4) is 0 Å². The van der Waals surface area contributed by atoms with Gasteiger partial charge in [0.1, 0.15) is 10.9 Å². The fourth-order valence-corrected chi connectivity index (χ4v) is 6.28. The van der Waals surface area contributed by atoms with E-state index in [1.165, 1.54) is 0 Å². The van der Waals surface area contributed by atoms with E-state index < -0.39 is 38.2 Å². The van der Waals surface area contributed by atoms with E-state index in [1.54, 1.807) is 69.3 Å². The van der Waals surface area contributed by atoms with Crippen LogP contribution in [0.3, 0.4) is 0 Å². The first-order chi connectivity index (χ1) is 13.9. The molecule has 162 valence electrons. The first-order valence-electron chi connectivity index (χ1n) is 9.68. The van der Waals surface area contributed by atoms with E-state index in [9.17, 15) is 13.2 Å². The summed E-state index contributed by atoms with van der Waals surface area (Å²) in [4.78, 5) is 12.7. The largest absolute Gasteiger partial charge is 0.444 e. The normalized spacial score (nSPS) is 23.7. The smallest absolute Gasteiger partial charge is 0.408 e. The quantitative estimate of drug-likeness (QED) is 0.721. The van der Waals surface area contributed by atoms with Gasteiger partial charge in [0.2, 0.25) is 0 Å². The van der Waals surface area contributed by atoms with Crippen LogP contribution in [0.2, 0.25) is 5.02 Å². The highest BCUT2D eigenvalue weighted by atomic mass is 35.5. The lowest BCUT2D eigenvalue weighted by atomic mass is 10.1. The molecule has 3 rings (SSSR count). The van der Waals surface area contributed by atoms with Gasteiger partial charge in [-0.05, 0) is 57.5 Å². The SMILES string of the molecule is Cc1ccc(S(=O)(=O)[C@@H]2[C@@H](c3ccc(Cl)cc3)[C@]2(CN)NC(=O)OC(C)(C)C)cc1. The summed E-state index contributed by atoms with van der Waals surface area (Å²) in [6, 6.07) is 13.6. The standard InChI is InChI=1S/C22H27ClN2O4S/c1-14-5-11-17(12-6-14)30(27,28)19-18(15-7-9-16(23)10-8-15)22(19,13-24)25-20(26)29-21(2,3)4/h5-12,18-19H,13,24H2,1-4H3,(H,25,26)/t18-,19-,22+/m1/s1. The second-order valence-electron chi connectivity index (χ2n) is 8.68. The highest BCUT2D eigenvalue weighted by Gasteiger charge is 2.71. The molecule has 0 aliphatic heterocycles. The van der Waals surface area contributed by atoms with Crippen LogP contribution in [0.4, 0.5) is 4.79 Å². The van der Waals surface area contributed by atoms with Crippen LogP contribution < -0.4 is 11.1 Å². The molecule has 1 aliphatic carbocycles. The first-order valence-corrected chi connectivity index (χ1v) is 11.6. The maximum absolute atomic E-state index is 13.5. The molecule has 8 heteroatoms. The molecule has 0 spiro atoms. The predicted molar refractivity (Wildman–Crippen MR) is 118 cm³/mol. The summed E-state index contributed by atoms with van der Waals surface area (Å²) in [5, 5.41) is 2.39. The maximum atomic E-state index is 13.5. The van der Waals surface area contributed by atoms with Crippen LogP contribution in [0.5, 0.6) is 0 Å². The van der Waals surface area contributed by atoms with Gasteiger partial charge in [-0.2, -0.15) is 0 Å². The van der Waals surface area contributed by atoms with Crippen molar-refractivity contribution >= 4 is 27.5 Å². The number of nitrogens with two attached hydrogens (primary N) is 1. The minimum Gasteiger partial charge on any atom is -0.444 e. The average Bonchev–Trinajstić information content (AvgIpc) is 3.30. The fourth-order valence-electron chi connectivity index (χ4n) is 3.81. The minimum atomic E-state index is -3.78. The van der Waals surface area contributed by atoms with Crippen LogP contribution in [0, 0.1) is 6.92 Å². The van der Waals surface area contributed by atoms with Gasteiger partial charge in [-0.3, -0.25) is 0 Å². The van der Waals surface area contributed by atoms with E-state index in [0.717, 1.165) is 11.1 Å². The van der Waals surface area contributed by atoms with Crippen LogP contribution in [0.1, 0.15) is 37.8 Å². The number of sulfone groups is 1. The zero-order chi connectivity index (χ0) is 22.3. The van der Waals surface area contributed by atoms with Crippen LogP contribution in [0.25, 0.3) is 0 Å². The number of carbonyl (C=O) groups is 1. The number of halogens is 1. The van der Waals surface area contributed by atoms with Gasteiger partial charge in [0.05, 0.1) is 10.4 Å². The molecule has 1 amide bonds. The van der Waals surface area contributed by atoms with Crippen molar-refractivity contribution in [2.24, 2.45) is 5.73 Å². The Balaban J connectivity index is 2.03. The van der Waals surface area contributed by atoms with Crippen molar-refractivity contribution in [3.63, 3.8) is 0 Å². The summed E-state index contributed by atoms with van der Waals surface area (Å²) < 4.78 is 32.4. The lowest BCUT2D eigenvalue weighted by Crippen LogP contribution is -2.49. The zero-order valence-electron chi connectivity index (χ0n) is 17.5. The third-order valence-electron chi connectivity index (χ3n) is 5.24. The molecule has 2 aromatic carbocycles. The summed E-state index contributed by atoms with van der Waals surface area (Å²) >= 11 is 6.00. The number of ether oxygens (including phenoxy) is 1. The molecular weight excluding hydrogens is 424 g/mol. The molecule has 0 heterocycles. The van der Waals surface area contributed by atoms with E-state index >= 15 is 0 Å². The molecule has 1 fully saturated rings. The topological polar surface area (TPSA) is 98.5 Å². The molecule has 0 aromatic heterocycles. The summed E-state index contributed by atoms with van der Waals surface area (Å²) in [5.74, 6) is -0.529. The maximum Gasteiger partial charge on any atom is 0.408 e. The summed E-state index contributed by atoms with van der Waals surface area (Å²) in [6.45, 7) is 7.05. The zero-order valence-corrected chi connectivity index (χ0v) is 19.0. The summed E-state index contributed by atoms with van der Waals surface area (Å²) in [7, 11) is -3.78. The second-order valence-corrected chi connectivity index (χ2v) is 11.2. The Kier molecular flexibility index (Phi) is 5.93. The van der Waals surface area contributed by atoms with Gasteiger partial charge in [-0.15, -0.1) is 0 Å². The van der Waals surface area contributed by atoms with Gasteiger partial charge in [0.15, 0.2) is 9.84 Å². The highest BCUT2D eigenvalue weighted by Crippen LogP contribution is 2.57. The van der Waals surface area contributed by atoms with Gasteiger partial charge in [-0.25, -0.2) is 13.2 Å². The van der Waals surface area contributed by atoms with Crippen LogP contribution in [0.15, 0.2) is 53.4 Å². The third kappa shape index (κ3) is 4.33. The number of aryl methyl sites for hydroxylation is 1. The first kappa shape index (κ1) is 22.6. The molecule has 3 N–H and O–H groups in total. The van der Waals surface area contributed by atoms with Crippen molar-refractivity contribution in [1.82, 2.24) is 5.32 Å². The molecule has 0 bridgehead atoms. The van der Waals surface area contributed by atoms with Crippen LogP contribution in [-0.2, 0) is 14.6 Å². The van der Waals surface area contributed by atoms with Gasteiger partial charge < -0.3 is 15.8 Å². The number of amides is 1. The number of carbonyl (C=O) groups excluding carboxylic acids is 1. The molecule has 6 nitrogen and oxygen atoms in total. The molecule has 2 aromatic rings. The van der Waals surface area contributed by atoms with Crippen LogP contribution >= 0.6 is 11.6 Å². The van der Waals surface area contributed by atoms with E-state index in [2.05, 4.69) is 5.32 Å². The molecule has 0 unspecified atom stereocenters. The lowest BCUT2D eigenvalue weighted by Gasteiger charge is -2.24. The van der Waals surface area contributed by atoms with Crippen molar-refractivity contribution in [1.29, 1.82) is 0 Å². The summed E-state index contributed by atoms with van der Waals surface area (Å²) in [5.41, 5.74) is 5.85. The molecule has 3 atom stereocenters. The van der Waals surface area contributed by atoms with Crippen molar-refractivity contribution in [3.05, 3.63) is 64.7 Å². The van der Waals surface area contributed by atoms with Crippen molar-refractivity contribution in [2.45, 2.75) is 54.9 Å². The number of hydrogen-bond acceptors (Lipinski definition) is 5. The van der Waals surface area contributed by atoms with E-state index in [1.807, 2.05) is 6.92 Å². The molecule has 1 aliphatic rings. The van der Waals surface area contributed by atoms with E-state index in [0.29, 0.717) is 5.02 Å². The molecule has 1 saturated carbocycles. The molecule has 0 saturated heterocycles. The minimum absolute atomic E-state index is 0.0602. The number of benzene rings is 2. The van der Waals surface area contributed by atoms with E-state index in [-0.39, 0.29) is 11.4 Å². The third-order valence-corrected chi connectivity index (χ3v) is 7.78. The van der Waals surface area contributed by atoms with Gasteiger partial charge in [0.25, 0.3) is 0 Å². The average molecular weight is 451 g/mol. The lowest BCUT2D eigenvalue weighted by molar-refractivity contribution is 0.0497. The van der Waals surface area contributed by atoms with Gasteiger partial charge >= 0.3 is 6.09 Å². The van der Waals surface area contributed by atoms with E-state index in [4.69, 9.17) is 22.1 Å². The number of alkyl carbamates (subject to hydrolysis) is 1. The summed E-state index contributed by atoms with van der Waals surface area (Å²) in [6.07, 6.45) is -0.700. The number of hydrogen-bond donors (Lipinski definition) is 2. The predicted octanol–water partition coefficient (Wildman–Crippen LogP) is 3.81. The number of rotatable bonds is 5. The van der Waals surface area contributed by atoms with Crippen LogP contribution in [-0.4, -0.2) is 37.4 Å². The second kappa shape index (κ2) is 7.87. The Hall–Kier alpha value is -2.09. The fraction of sp³-hybridized carbons (Fsp3) is 0.409. The van der Waals surface area contributed by atoms with Crippen molar-refractivity contribution < 1.29 is 17.9 Å². The molecule has 0 radical (unpaired) electrons. The highest BCUT2D eigenvalue weighted by molar-refractivity contribution is 7.92. The Bertz CT molecular complexity index is 1030.